The van der Waals surface area contributed by atoms with Gasteiger partial charge in [0, 0.05) is 113 Å². The molecule has 11 rings (SSSR count). The van der Waals surface area contributed by atoms with Crippen molar-refractivity contribution in [3.63, 3.8) is 0 Å². The van der Waals surface area contributed by atoms with Crippen LogP contribution >= 0.6 is 15.9 Å². The topological polar surface area (TPSA) is 506 Å². The number of esters is 2. The van der Waals surface area contributed by atoms with Crippen LogP contribution in [0.4, 0.5) is 0 Å². The van der Waals surface area contributed by atoms with Gasteiger partial charge >= 0.3 is 25.0 Å². The molecule has 35 nitrogen and oxygen atoms in total. The van der Waals surface area contributed by atoms with E-state index in [4.69, 9.17) is 58.5 Å². The molecule has 11 atom stereocenters. The van der Waals surface area contributed by atoms with Gasteiger partial charge in [-0.15, -0.1) is 0 Å². The molecule has 42 heteroatoms. The maximum absolute atomic E-state index is 12.8. The second kappa shape index (κ2) is 51.3. The third-order valence-electron chi connectivity index (χ3n) is 23.1. The Balaban J connectivity index is 0.000000258. The number of rotatable bonds is 34. The summed E-state index contributed by atoms with van der Waals surface area (Å²) in [5.74, 6) is -3.33. The number of nitrogens with one attached hydrogen (secondary N) is 2. The van der Waals surface area contributed by atoms with Crippen LogP contribution in [0.2, 0.25) is 0 Å². The lowest BCUT2D eigenvalue weighted by Gasteiger charge is -2.29. The molecule has 1 saturated heterocycles. The lowest BCUT2D eigenvalue weighted by molar-refractivity contribution is -0.201. The maximum atomic E-state index is 12.8. The van der Waals surface area contributed by atoms with Gasteiger partial charge in [0.25, 0.3) is 11.8 Å². The van der Waals surface area contributed by atoms with E-state index < -0.39 is 147 Å². The molecule has 6 aliphatic heterocycles. The fraction of sp³-hybridized carbons (Fsp3) is 0.468. The van der Waals surface area contributed by atoms with Crippen LogP contribution in [0, 0.1) is 0 Å². The molecule has 2 amide bonds. The number of ether oxygens (including phenoxy) is 3. The van der Waals surface area contributed by atoms with Crippen molar-refractivity contribution in [2.75, 3.05) is 51.1 Å². The molecule has 5 aromatic carbocycles. The van der Waals surface area contributed by atoms with Gasteiger partial charge < -0.3 is 53.6 Å². The summed E-state index contributed by atoms with van der Waals surface area (Å²) in [5.41, 5.74) is 16.0. The predicted molar refractivity (Wildman–Crippen MR) is 527 cm³/mol. The van der Waals surface area contributed by atoms with E-state index in [-0.39, 0.29) is 45.3 Å². The largest absolute Gasteiger partial charge is 0.480 e. The number of halogens is 1. The van der Waals surface area contributed by atoms with Crippen LogP contribution in [0.3, 0.4) is 0 Å². The minimum Gasteiger partial charge on any atom is -0.480 e. The van der Waals surface area contributed by atoms with Gasteiger partial charge in [-0.2, -0.15) is 0 Å². The van der Waals surface area contributed by atoms with E-state index in [0.29, 0.717) is 56.6 Å². The van der Waals surface area contributed by atoms with E-state index in [9.17, 15) is 71.2 Å². The quantitative estimate of drug-likeness (QED) is 0.00964. The Morgan fingerprint density at radius 1 is 0.419 bits per heavy atom. The number of hydrogen-bond donors (Lipinski definition) is 6. The van der Waals surface area contributed by atoms with Crippen molar-refractivity contribution < 1.29 is 130 Å². The van der Waals surface area contributed by atoms with Gasteiger partial charge in [0.15, 0.2) is 79.2 Å². The second-order valence-corrected chi connectivity index (χ2v) is 47.0. The van der Waals surface area contributed by atoms with Crippen molar-refractivity contribution in [3.05, 3.63) is 212 Å². The van der Waals surface area contributed by atoms with Gasteiger partial charge in [0.2, 0.25) is 0 Å². The van der Waals surface area contributed by atoms with Gasteiger partial charge in [0.05, 0.1) is 41.8 Å². The van der Waals surface area contributed by atoms with Crippen molar-refractivity contribution in [2.45, 2.75) is 227 Å². The van der Waals surface area contributed by atoms with E-state index in [0.717, 1.165) is 116 Å². The molecule has 136 heavy (non-hydrogen) atoms. The van der Waals surface area contributed by atoms with Crippen LogP contribution < -0.4 is 11.0 Å². The summed E-state index contributed by atoms with van der Waals surface area (Å²) in [6.07, 6.45) is 23.3. The highest BCUT2D eigenvalue weighted by molar-refractivity contribution is 9.10. The predicted octanol–water partition coefficient (Wildman–Crippen LogP) is 12.6. The van der Waals surface area contributed by atoms with Crippen LogP contribution in [0.25, 0.3) is 24.3 Å². The van der Waals surface area contributed by atoms with E-state index in [1.807, 2.05) is 198 Å². The molecule has 0 radical (unpaired) electrons. The molecular weight excluding hydrogens is 1930 g/mol. The third-order valence-corrected chi connectivity index (χ3v) is 33.6. The minimum absolute atomic E-state index is 0.00563. The van der Waals surface area contributed by atoms with Crippen molar-refractivity contribution in [1.82, 2.24) is 11.0 Å². The summed E-state index contributed by atoms with van der Waals surface area (Å²) < 4.78 is 129. The van der Waals surface area contributed by atoms with Gasteiger partial charge in [-0.25, -0.2) is 57.9 Å². The van der Waals surface area contributed by atoms with E-state index in [1.54, 1.807) is 26.8 Å². The van der Waals surface area contributed by atoms with Crippen LogP contribution in [0.5, 0.6) is 0 Å². The highest BCUT2D eigenvalue weighted by Gasteiger charge is 2.53. The normalized spacial score (nSPS) is 20.4. The third kappa shape index (κ3) is 32.1. The molecule has 744 valence electrons. The lowest BCUT2D eigenvalue weighted by atomic mass is 9.92. The van der Waals surface area contributed by atoms with Crippen LogP contribution in [0.15, 0.2) is 188 Å². The number of oxime groups is 5. The zero-order valence-electron chi connectivity index (χ0n) is 79.4. The molecule has 6 N–H and O–H groups in total. The molecule has 6 aliphatic rings. The maximum Gasteiger partial charge on any atom is 0.480 e. The number of allylic oxidation sites excluding steroid dienone is 5. The monoisotopic (exact) mass is 2050 g/mol. The van der Waals surface area contributed by atoms with Crippen molar-refractivity contribution in [2.24, 2.45) is 25.8 Å². The summed E-state index contributed by atoms with van der Waals surface area (Å²) in [6.45, 7) is 20.2. The van der Waals surface area contributed by atoms with Crippen LogP contribution in [-0.2, 0) is 116 Å². The second-order valence-electron chi connectivity index (χ2n) is 33.8. The summed E-state index contributed by atoms with van der Waals surface area (Å²) in [5, 5.41) is 54.5. The highest BCUT2D eigenvalue weighted by atomic mass is 79.9. The first kappa shape index (κ1) is 114. The number of carbonyl (C=O) groups is 5. The average molecular weight is 2050 g/mol. The Kier molecular flexibility index (Phi) is 43.1. The van der Waals surface area contributed by atoms with Crippen molar-refractivity contribution >= 4 is 155 Å². The van der Waals surface area contributed by atoms with E-state index >= 15 is 0 Å². The highest BCUT2D eigenvalue weighted by Crippen LogP contribution is 2.37. The van der Waals surface area contributed by atoms with Crippen LogP contribution in [0.1, 0.15) is 217 Å². The fourth-order valence-electron chi connectivity index (χ4n) is 14.2. The molecule has 0 aliphatic carbocycles. The number of sulfone groups is 5. The molecular formula is C94H125BBrN7O28S5. The van der Waals surface area contributed by atoms with Crippen molar-refractivity contribution in [1.29, 1.82) is 0 Å². The van der Waals surface area contributed by atoms with Gasteiger partial charge in [-0.1, -0.05) is 212 Å². The number of hydroxylamine groups is 2. The summed E-state index contributed by atoms with van der Waals surface area (Å²) in [6, 6.07) is 38.7. The SMILES string of the molecule is C/C=C/B(O)O.C/C=C/c1ccc(C2=NO[C@@H](C[C@](C)(C(=O)NO)S(C)(=O)=O)C2)cc1.C/C=C/c1ccc(C2=NO[C@@H](C[C@](C)(C(=O)NOC3CCCCO3)S(C)(=O)=O)C2)cc1.C/C=C/c1ccc(C2=NO[C@@H](C[C@](C)(C(=O)O)S(C)(=O)=O)C2)cc1.C/C=C/c1ccc(C2=NO[C@@H](C[C@](C)(C(=O)OCC)S(C)(=O)=O)C2)cc1.CCOC(=O)[C@@](C)(C[C@H]1CC(c2ccc(Br)cc2)=NO1)S(C)(=O)=O. The lowest BCUT2D eigenvalue weighted by Crippen LogP contribution is -2.52. The number of aliphatic carboxylic acids is 1. The van der Waals surface area contributed by atoms with E-state index in [2.05, 4.69) is 47.2 Å². The Hall–Kier alpha value is -10.4. The van der Waals surface area contributed by atoms with Crippen LogP contribution in [-0.4, -0.2) is 239 Å². The average Bonchev–Trinajstić information content (AvgIpc) is 1.42. The molecule has 6 heterocycles. The number of nitrogens with zero attached hydrogens (tertiary/aromatic N) is 5. The summed E-state index contributed by atoms with van der Waals surface area (Å²) >= 11 is 3.37. The van der Waals surface area contributed by atoms with Gasteiger partial charge in [-0.3, -0.25) is 29.2 Å². The minimum atomic E-state index is -3.78. The standard InChI is InChI=1S/C22H30N2O6S.C19H25NO5S.C17H22N2O5S.C17H21NO5S.C16H20BrNO5S.C3H7BO2/c1-4-7-16-9-11-17(12-10-16)19-14-18(29-23-19)15-22(2,31(3,26)27)21(25)24-30-20-8-5-6-13-28-20;1-5-7-14-8-10-15(11-9-14)17-12-16(25-20-17)13-19(3,26(4,22)23)18(21)24-6-2;1-4-5-12-6-8-13(9-7-12)15-10-14(24-19-15)11-17(2,16(20)18-21)25(3,22)23;1-4-5-12-6-8-13(9-7-12)15-10-14(23-18-15)11-17(2,16(19)20)24(3,21)22;1-4-22-15(19)16(2,24(3,20)21)10-13-9-14(18-23-13)11-5-7-12(17)8-6-11;1-2-3-4(5)6/h4,7,9-12,18,20H,5-6,8,13-15H2,1-3H3,(H,24,25);5,7-11,16H,6,12-13H2,1-4H3;4-9,14,21H,10-11H2,1-3H3,(H,18,20);4-9,14H,10-11H2,1-3H3,(H,19,20);5-8,13H,4,9-10H2,1-3H3;2-3,5-6H,1H3/b7-4+;7-5+;2*5-4+;;3-2+/t18-,20?,22-;16-,19-;2*14-,17-;13-,16-;/m11111./s1. The number of carbonyl (C=O) groups excluding carboxylic acids is 4. The molecule has 1 unspecified atom stereocenters. The smallest absolute Gasteiger partial charge is 0.480 e. The molecule has 1 fully saturated rings. The summed E-state index contributed by atoms with van der Waals surface area (Å²) in [4.78, 5) is 92.8. The summed E-state index contributed by atoms with van der Waals surface area (Å²) in [7, 11) is -20.0. The fourth-order valence-corrected chi connectivity index (χ4v) is 18.7. The first-order chi connectivity index (χ1) is 63.8. The van der Waals surface area contributed by atoms with Crippen molar-refractivity contribution in [3.8, 4) is 0 Å². The molecule has 0 spiro atoms. The Bertz CT molecular complexity index is 5860. The number of carboxylic acid groups (broad SMARTS) is 1. The van der Waals surface area contributed by atoms with E-state index in [1.165, 1.54) is 46.1 Å². The van der Waals surface area contributed by atoms with Gasteiger partial charge in [-0.05, 0) is 158 Å². The Morgan fingerprint density at radius 2 is 0.684 bits per heavy atom. The Labute approximate surface area is 806 Å². The molecule has 0 aromatic heterocycles. The number of hydrogen-bond acceptors (Lipinski definition) is 32. The molecule has 0 saturated carbocycles. The first-order valence-electron chi connectivity index (χ1n) is 43.6. The Morgan fingerprint density at radius 3 is 0.904 bits per heavy atom. The molecule has 0 bridgehead atoms. The number of amides is 2. The molecule has 5 aromatic rings. The number of benzene rings is 5. The first-order valence-corrected chi connectivity index (χ1v) is 53.9. The zero-order chi connectivity index (χ0) is 101. The van der Waals surface area contributed by atoms with Gasteiger partial charge in [0.1, 0.15) is 30.5 Å². The number of carboxylic acids is 1. The zero-order valence-corrected chi connectivity index (χ0v) is 85.1.